The quantitative estimate of drug-likeness (QED) is 0.225. The van der Waals surface area contributed by atoms with E-state index in [0.717, 1.165) is 37.2 Å². The summed E-state index contributed by atoms with van der Waals surface area (Å²) >= 11 is 0. The first-order chi connectivity index (χ1) is 9.49. The van der Waals surface area contributed by atoms with Crippen LogP contribution in [0.1, 0.15) is 33.1 Å². The highest BCUT2D eigenvalue weighted by Gasteiger charge is 2.22. The van der Waals surface area contributed by atoms with Crippen molar-refractivity contribution < 1.29 is 9.94 Å². The first-order valence-electron chi connectivity index (χ1n) is 6.85. The fourth-order valence-corrected chi connectivity index (χ4v) is 1.90. The molecule has 4 N–H and O–H groups in total. The van der Waals surface area contributed by atoms with Crippen LogP contribution in [0.3, 0.4) is 0 Å². The van der Waals surface area contributed by atoms with Crippen LogP contribution in [0.2, 0.25) is 0 Å². The highest BCUT2D eigenvalue weighted by Crippen LogP contribution is 2.23. The van der Waals surface area contributed by atoms with E-state index in [1.807, 2.05) is 38.1 Å². The highest BCUT2D eigenvalue weighted by molar-refractivity contribution is 5.85. The number of amidine groups is 1. The number of benzene rings is 1. The molecule has 0 radical (unpaired) electrons. The Hall–Kier alpha value is -1.91. The van der Waals surface area contributed by atoms with Crippen LogP contribution in [-0.2, 0) is 0 Å². The molecule has 0 fully saturated rings. The van der Waals surface area contributed by atoms with E-state index in [9.17, 15) is 0 Å². The van der Waals surface area contributed by atoms with E-state index in [4.69, 9.17) is 15.7 Å². The summed E-state index contributed by atoms with van der Waals surface area (Å²) in [4.78, 5) is 0. The molecule has 5 nitrogen and oxygen atoms in total. The van der Waals surface area contributed by atoms with Crippen LogP contribution in [0.5, 0.6) is 5.75 Å². The zero-order chi connectivity index (χ0) is 15.0. The van der Waals surface area contributed by atoms with E-state index in [0.29, 0.717) is 5.84 Å². The summed E-state index contributed by atoms with van der Waals surface area (Å²) in [6.45, 7) is 4.87. The second kappa shape index (κ2) is 7.62. The third-order valence-corrected chi connectivity index (χ3v) is 3.45. The molecule has 0 aromatic heterocycles. The maximum absolute atomic E-state index is 8.70. The Morgan fingerprint density at radius 1 is 1.30 bits per heavy atom. The number of nitrogens with zero attached hydrogens (tertiary/aromatic N) is 1. The molecule has 1 aromatic carbocycles. The van der Waals surface area contributed by atoms with Gasteiger partial charge in [0.25, 0.3) is 0 Å². The molecule has 0 heterocycles. The third kappa shape index (κ3) is 4.99. The van der Waals surface area contributed by atoms with Gasteiger partial charge in [0.05, 0.1) is 7.11 Å². The lowest BCUT2D eigenvalue weighted by molar-refractivity contribution is 0.304. The Balaban J connectivity index is 2.25. The predicted octanol–water partition coefficient (Wildman–Crippen LogP) is 3.05. The SMILES string of the molecule is COc1ccc(NCCCCC(C)(C)/C(N)=N/O)cc1. The second-order valence-corrected chi connectivity index (χ2v) is 5.48. The van der Waals surface area contributed by atoms with Crippen LogP contribution in [0, 0.1) is 5.41 Å². The van der Waals surface area contributed by atoms with Crippen molar-refractivity contribution in [2.75, 3.05) is 19.0 Å². The van der Waals surface area contributed by atoms with Crippen LogP contribution in [0.4, 0.5) is 5.69 Å². The lowest BCUT2D eigenvalue weighted by Crippen LogP contribution is -2.31. The summed E-state index contributed by atoms with van der Waals surface area (Å²) in [7, 11) is 1.66. The average Bonchev–Trinajstić information content (AvgIpc) is 2.46. The molecule has 0 aliphatic rings. The lowest BCUT2D eigenvalue weighted by atomic mass is 9.86. The number of rotatable bonds is 8. The summed E-state index contributed by atoms with van der Waals surface area (Å²) in [5.41, 5.74) is 6.49. The number of nitrogens with one attached hydrogen (secondary N) is 1. The molecule has 0 saturated carbocycles. The van der Waals surface area contributed by atoms with Crippen LogP contribution in [0.25, 0.3) is 0 Å². The molecular formula is C15H25N3O2. The van der Waals surface area contributed by atoms with Gasteiger partial charge in [0.1, 0.15) is 11.6 Å². The number of unbranched alkanes of at least 4 members (excludes halogenated alkanes) is 1. The van der Waals surface area contributed by atoms with Gasteiger partial charge in [0, 0.05) is 17.6 Å². The summed E-state index contributed by atoms with van der Waals surface area (Å²) < 4.78 is 5.11. The van der Waals surface area contributed by atoms with Gasteiger partial charge in [-0.2, -0.15) is 0 Å². The van der Waals surface area contributed by atoms with Crippen molar-refractivity contribution in [3.05, 3.63) is 24.3 Å². The highest BCUT2D eigenvalue weighted by atomic mass is 16.5. The van der Waals surface area contributed by atoms with Gasteiger partial charge in [-0.3, -0.25) is 0 Å². The monoisotopic (exact) mass is 279 g/mol. The Morgan fingerprint density at radius 2 is 1.95 bits per heavy atom. The summed E-state index contributed by atoms with van der Waals surface area (Å²) in [6, 6.07) is 7.87. The Labute approximate surface area is 120 Å². The molecule has 1 rings (SSSR count). The van der Waals surface area contributed by atoms with E-state index in [1.165, 1.54) is 0 Å². The zero-order valence-corrected chi connectivity index (χ0v) is 12.5. The van der Waals surface area contributed by atoms with Gasteiger partial charge in [-0.25, -0.2) is 0 Å². The largest absolute Gasteiger partial charge is 0.497 e. The molecule has 20 heavy (non-hydrogen) atoms. The molecule has 0 bridgehead atoms. The molecular weight excluding hydrogens is 254 g/mol. The molecule has 0 amide bonds. The molecule has 0 spiro atoms. The topological polar surface area (TPSA) is 79.9 Å². The van der Waals surface area contributed by atoms with Crippen LogP contribution < -0.4 is 15.8 Å². The smallest absolute Gasteiger partial charge is 0.144 e. The molecule has 112 valence electrons. The number of oxime groups is 1. The lowest BCUT2D eigenvalue weighted by Gasteiger charge is -2.22. The molecule has 5 heteroatoms. The van der Waals surface area contributed by atoms with Crippen molar-refractivity contribution in [1.29, 1.82) is 0 Å². The molecule has 0 aliphatic heterocycles. The van der Waals surface area contributed by atoms with Crippen molar-refractivity contribution in [3.8, 4) is 5.75 Å². The van der Waals surface area contributed by atoms with Gasteiger partial charge in [-0.05, 0) is 37.1 Å². The molecule has 0 aliphatic carbocycles. The van der Waals surface area contributed by atoms with Crippen LogP contribution in [-0.4, -0.2) is 24.7 Å². The Kier molecular flexibility index (Phi) is 6.15. The van der Waals surface area contributed by atoms with Gasteiger partial charge < -0.3 is 21.0 Å². The second-order valence-electron chi connectivity index (χ2n) is 5.48. The number of ether oxygens (including phenoxy) is 1. The van der Waals surface area contributed by atoms with Gasteiger partial charge in [0.2, 0.25) is 0 Å². The number of methoxy groups -OCH3 is 1. The Morgan fingerprint density at radius 3 is 2.50 bits per heavy atom. The molecule has 0 unspecified atom stereocenters. The van der Waals surface area contributed by atoms with E-state index in [2.05, 4.69) is 10.5 Å². The maximum atomic E-state index is 8.70. The van der Waals surface area contributed by atoms with Crippen LogP contribution >= 0.6 is 0 Å². The molecule has 1 aromatic rings. The minimum atomic E-state index is -0.255. The fraction of sp³-hybridized carbons (Fsp3) is 0.533. The van der Waals surface area contributed by atoms with Crippen molar-refractivity contribution >= 4 is 11.5 Å². The summed E-state index contributed by atoms with van der Waals surface area (Å²) in [6.07, 6.45) is 2.95. The van der Waals surface area contributed by atoms with Crippen molar-refractivity contribution in [3.63, 3.8) is 0 Å². The number of anilines is 1. The number of nitrogens with two attached hydrogens (primary N) is 1. The van der Waals surface area contributed by atoms with Crippen molar-refractivity contribution in [2.24, 2.45) is 16.3 Å². The number of hydrogen-bond acceptors (Lipinski definition) is 4. The zero-order valence-electron chi connectivity index (χ0n) is 12.5. The van der Waals surface area contributed by atoms with E-state index in [-0.39, 0.29) is 5.41 Å². The van der Waals surface area contributed by atoms with Gasteiger partial charge in [-0.15, -0.1) is 0 Å². The molecule has 0 atom stereocenters. The first-order valence-corrected chi connectivity index (χ1v) is 6.85. The standard InChI is InChI=1S/C15H25N3O2/c1-15(2,14(16)18-19)10-4-5-11-17-12-6-8-13(20-3)9-7-12/h6-9,17,19H,4-5,10-11H2,1-3H3,(H2,16,18). The summed E-state index contributed by atoms with van der Waals surface area (Å²) in [5.74, 6) is 1.15. The summed E-state index contributed by atoms with van der Waals surface area (Å²) in [5, 5.41) is 15.2. The Bertz CT molecular complexity index is 427. The van der Waals surface area contributed by atoms with E-state index in [1.54, 1.807) is 7.11 Å². The van der Waals surface area contributed by atoms with Gasteiger partial charge >= 0.3 is 0 Å². The predicted molar refractivity (Wildman–Crippen MR) is 82.5 cm³/mol. The normalized spacial score (nSPS) is 12.2. The first kappa shape index (κ1) is 16.1. The van der Waals surface area contributed by atoms with E-state index < -0.39 is 0 Å². The average molecular weight is 279 g/mol. The fourth-order valence-electron chi connectivity index (χ4n) is 1.90. The minimum Gasteiger partial charge on any atom is -0.497 e. The molecule has 0 saturated heterocycles. The van der Waals surface area contributed by atoms with Crippen molar-refractivity contribution in [1.82, 2.24) is 0 Å². The van der Waals surface area contributed by atoms with Gasteiger partial charge in [0.15, 0.2) is 0 Å². The van der Waals surface area contributed by atoms with Crippen LogP contribution in [0.15, 0.2) is 29.4 Å². The minimum absolute atomic E-state index is 0.255. The van der Waals surface area contributed by atoms with Crippen molar-refractivity contribution in [2.45, 2.75) is 33.1 Å². The van der Waals surface area contributed by atoms with Gasteiger partial charge in [-0.1, -0.05) is 25.4 Å². The third-order valence-electron chi connectivity index (χ3n) is 3.45. The van der Waals surface area contributed by atoms with E-state index >= 15 is 0 Å². The maximum Gasteiger partial charge on any atom is 0.144 e. The number of hydrogen-bond donors (Lipinski definition) is 3.